The minimum atomic E-state index is 0.448. The quantitative estimate of drug-likeness (QED) is 0.751. The zero-order chi connectivity index (χ0) is 11.0. The smallest absolute Gasteiger partial charge is 0.234 e. The van der Waals surface area contributed by atoms with Gasteiger partial charge in [0.1, 0.15) is 0 Å². The molecular weight excluding hydrogens is 186 g/mol. The predicted octanol–water partition coefficient (Wildman–Crippen LogP) is 2.98. The Kier molecular flexibility index (Phi) is 2.47. The predicted molar refractivity (Wildman–Crippen MR) is 61.2 cm³/mol. The van der Waals surface area contributed by atoms with Crippen molar-refractivity contribution in [1.82, 2.24) is 14.4 Å². The number of nitrogens with zero attached hydrogens (tertiary/aromatic N) is 3. The molecule has 0 saturated heterocycles. The topological polar surface area (TPSA) is 30.2 Å². The largest absolute Gasteiger partial charge is 0.288 e. The van der Waals surface area contributed by atoms with E-state index in [1.807, 2.05) is 6.20 Å². The summed E-state index contributed by atoms with van der Waals surface area (Å²) in [6, 6.07) is 2.18. The number of hydrogen-bond acceptors (Lipinski definition) is 2. The highest BCUT2D eigenvalue weighted by Crippen LogP contribution is 2.20. The Balaban J connectivity index is 2.69. The third-order valence-corrected chi connectivity index (χ3v) is 2.61. The standard InChI is InChI=1S/C12H17N3/c1-8(2)10-7-11(9(3)4)15-6-5-13-12(15)14-10/h5-9H,1-4H3. The van der Waals surface area contributed by atoms with Crippen LogP contribution in [0, 0.1) is 0 Å². The molecule has 0 amide bonds. The molecule has 2 aromatic heterocycles. The lowest BCUT2D eigenvalue weighted by atomic mass is 10.1. The lowest BCUT2D eigenvalue weighted by Crippen LogP contribution is -2.04. The maximum atomic E-state index is 4.53. The fraction of sp³-hybridized carbons (Fsp3) is 0.500. The summed E-state index contributed by atoms with van der Waals surface area (Å²) in [4.78, 5) is 8.79. The summed E-state index contributed by atoms with van der Waals surface area (Å²) in [5.41, 5.74) is 2.40. The third-order valence-electron chi connectivity index (χ3n) is 2.61. The van der Waals surface area contributed by atoms with Crippen molar-refractivity contribution in [1.29, 1.82) is 0 Å². The highest BCUT2D eigenvalue weighted by atomic mass is 15.1. The van der Waals surface area contributed by atoms with E-state index in [2.05, 4.69) is 48.1 Å². The van der Waals surface area contributed by atoms with Gasteiger partial charge in [-0.1, -0.05) is 27.7 Å². The molecule has 3 nitrogen and oxygen atoms in total. The van der Waals surface area contributed by atoms with Gasteiger partial charge in [0.2, 0.25) is 5.78 Å². The maximum absolute atomic E-state index is 4.53. The zero-order valence-electron chi connectivity index (χ0n) is 9.73. The van der Waals surface area contributed by atoms with Crippen LogP contribution < -0.4 is 0 Å². The molecule has 3 heteroatoms. The fourth-order valence-electron chi connectivity index (χ4n) is 1.69. The van der Waals surface area contributed by atoms with Gasteiger partial charge >= 0.3 is 0 Å². The zero-order valence-corrected chi connectivity index (χ0v) is 9.73. The van der Waals surface area contributed by atoms with Crippen molar-refractivity contribution in [2.45, 2.75) is 39.5 Å². The molecular formula is C12H17N3. The maximum Gasteiger partial charge on any atom is 0.234 e. The molecule has 0 bridgehead atoms. The molecule has 0 unspecified atom stereocenters. The van der Waals surface area contributed by atoms with E-state index in [-0.39, 0.29) is 0 Å². The minimum Gasteiger partial charge on any atom is -0.288 e. The minimum absolute atomic E-state index is 0.448. The van der Waals surface area contributed by atoms with Gasteiger partial charge in [0.25, 0.3) is 0 Å². The Labute approximate surface area is 90.2 Å². The normalized spacial score (nSPS) is 11.9. The van der Waals surface area contributed by atoms with Crippen LogP contribution in [-0.4, -0.2) is 14.4 Å². The van der Waals surface area contributed by atoms with Gasteiger partial charge in [0.05, 0.1) is 0 Å². The lowest BCUT2D eigenvalue weighted by Gasteiger charge is -2.12. The van der Waals surface area contributed by atoms with Gasteiger partial charge in [-0.2, -0.15) is 0 Å². The van der Waals surface area contributed by atoms with Gasteiger partial charge < -0.3 is 0 Å². The average molecular weight is 203 g/mol. The van der Waals surface area contributed by atoms with E-state index in [0.29, 0.717) is 11.8 Å². The highest BCUT2D eigenvalue weighted by Gasteiger charge is 2.10. The summed E-state index contributed by atoms with van der Waals surface area (Å²) in [5.74, 6) is 1.75. The van der Waals surface area contributed by atoms with E-state index in [0.717, 1.165) is 11.5 Å². The molecule has 0 spiro atoms. The summed E-state index contributed by atoms with van der Waals surface area (Å²) in [7, 11) is 0. The summed E-state index contributed by atoms with van der Waals surface area (Å²) in [6.45, 7) is 8.70. The summed E-state index contributed by atoms with van der Waals surface area (Å²) < 4.78 is 2.07. The molecule has 0 aromatic carbocycles. The molecule has 0 N–H and O–H groups in total. The summed E-state index contributed by atoms with van der Waals surface area (Å²) in [5, 5.41) is 0. The van der Waals surface area contributed by atoms with E-state index in [1.165, 1.54) is 5.69 Å². The van der Waals surface area contributed by atoms with Crippen LogP contribution >= 0.6 is 0 Å². The van der Waals surface area contributed by atoms with Crippen molar-refractivity contribution in [2.24, 2.45) is 0 Å². The first-order valence-corrected chi connectivity index (χ1v) is 5.43. The van der Waals surface area contributed by atoms with Crippen LogP contribution in [-0.2, 0) is 0 Å². The van der Waals surface area contributed by atoms with Crippen LogP contribution in [0.25, 0.3) is 5.78 Å². The Morgan fingerprint density at radius 3 is 2.47 bits per heavy atom. The summed E-state index contributed by atoms with van der Waals surface area (Å²) >= 11 is 0. The van der Waals surface area contributed by atoms with Gasteiger partial charge in [0, 0.05) is 23.8 Å². The third kappa shape index (κ3) is 1.74. The Morgan fingerprint density at radius 1 is 1.13 bits per heavy atom. The van der Waals surface area contributed by atoms with Crippen molar-refractivity contribution in [3.05, 3.63) is 29.8 Å². The molecule has 2 heterocycles. The first-order valence-electron chi connectivity index (χ1n) is 5.43. The SMILES string of the molecule is CC(C)c1cc(C(C)C)n2ccnc2n1. The first-order chi connectivity index (χ1) is 7.09. The fourth-order valence-corrected chi connectivity index (χ4v) is 1.69. The molecule has 0 saturated carbocycles. The Bertz CT molecular complexity index is 469. The van der Waals surface area contributed by atoms with Crippen molar-refractivity contribution >= 4 is 5.78 Å². The van der Waals surface area contributed by atoms with Crippen LogP contribution in [0.3, 0.4) is 0 Å². The van der Waals surface area contributed by atoms with Crippen LogP contribution in [0.4, 0.5) is 0 Å². The Hall–Kier alpha value is -1.38. The van der Waals surface area contributed by atoms with E-state index in [4.69, 9.17) is 0 Å². The van der Waals surface area contributed by atoms with Gasteiger partial charge in [-0.3, -0.25) is 4.40 Å². The molecule has 0 atom stereocenters. The van der Waals surface area contributed by atoms with Crippen molar-refractivity contribution < 1.29 is 0 Å². The van der Waals surface area contributed by atoms with Crippen molar-refractivity contribution in [3.8, 4) is 0 Å². The van der Waals surface area contributed by atoms with Crippen LogP contribution in [0.2, 0.25) is 0 Å². The van der Waals surface area contributed by atoms with Crippen LogP contribution in [0.15, 0.2) is 18.5 Å². The van der Waals surface area contributed by atoms with Gasteiger partial charge in [-0.05, 0) is 17.9 Å². The van der Waals surface area contributed by atoms with Crippen LogP contribution in [0.1, 0.15) is 50.9 Å². The monoisotopic (exact) mass is 203 g/mol. The molecule has 0 radical (unpaired) electrons. The molecule has 0 fully saturated rings. The first kappa shape index (κ1) is 10.1. The Morgan fingerprint density at radius 2 is 1.87 bits per heavy atom. The van der Waals surface area contributed by atoms with E-state index in [9.17, 15) is 0 Å². The summed E-state index contributed by atoms with van der Waals surface area (Å²) in [6.07, 6.45) is 3.78. The molecule has 80 valence electrons. The van der Waals surface area contributed by atoms with E-state index >= 15 is 0 Å². The van der Waals surface area contributed by atoms with Crippen molar-refractivity contribution in [3.63, 3.8) is 0 Å². The number of hydrogen-bond donors (Lipinski definition) is 0. The average Bonchev–Trinajstić information content (AvgIpc) is 2.62. The second kappa shape index (κ2) is 3.65. The van der Waals surface area contributed by atoms with Crippen LogP contribution in [0.5, 0.6) is 0 Å². The van der Waals surface area contributed by atoms with Gasteiger partial charge in [-0.25, -0.2) is 9.97 Å². The van der Waals surface area contributed by atoms with E-state index < -0.39 is 0 Å². The number of fused-ring (bicyclic) bond motifs is 1. The second-order valence-electron chi connectivity index (χ2n) is 4.51. The number of rotatable bonds is 2. The molecule has 0 aliphatic rings. The molecule has 0 aliphatic carbocycles. The molecule has 0 aliphatic heterocycles. The lowest BCUT2D eigenvalue weighted by molar-refractivity contribution is 0.758. The number of imidazole rings is 1. The van der Waals surface area contributed by atoms with E-state index in [1.54, 1.807) is 6.20 Å². The number of aromatic nitrogens is 3. The molecule has 2 aromatic rings. The molecule has 2 rings (SSSR count). The highest BCUT2D eigenvalue weighted by molar-refractivity contribution is 5.34. The van der Waals surface area contributed by atoms with Gasteiger partial charge in [-0.15, -0.1) is 0 Å². The van der Waals surface area contributed by atoms with Gasteiger partial charge in [0.15, 0.2) is 0 Å². The molecule has 15 heavy (non-hydrogen) atoms. The van der Waals surface area contributed by atoms with Crippen molar-refractivity contribution in [2.75, 3.05) is 0 Å². The second-order valence-corrected chi connectivity index (χ2v) is 4.51.